The molecule has 1 fully saturated rings. The van der Waals surface area contributed by atoms with E-state index in [9.17, 15) is 9.59 Å². The number of aliphatic hydroxyl groups is 1. The third-order valence-electron chi connectivity index (χ3n) is 7.10. The number of amides is 1. The Balaban J connectivity index is 0.000000643. The van der Waals surface area contributed by atoms with Gasteiger partial charge in [0.1, 0.15) is 5.39 Å². The molecule has 2 aromatic heterocycles. The van der Waals surface area contributed by atoms with E-state index in [1.165, 1.54) is 16.5 Å². The van der Waals surface area contributed by atoms with Gasteiger partial charge in [0, 0.05) is 65.0 Å². The van der Waals surface area contributed by atoms with Gasteiger partial charge in [-0.15, -0.1) is 6.58 Å². The summed E-state index contributed by atoms with van der Waals surface area (Å²) in [6.07, 6.45) is 7.18. The maximum absolute atomic E-state index is 12.2. The van der Waals surface area contributed by atoms with Crippen LogP contribution in [-0.2, 0) is 11.3 Å². The first-order valence-corrected chi connectivity index (χ1v) is 15.8. The van der Waals surface area contributed by atoms with E-state index in [0.29, 0.717) is 36.0 Å². The van der Waals surface area contributed by atoms with Crippen molar-refractivity contribution >= 4 is 40.5 Å². The van der Waals surface area contributed by atoms with Crippen LogP contribution in [0.5, 0.6) is 0 Å². The number of aromatic amines is 1. The van der Waals surface area contributed by atoms with Crippen LogP contribution >= 0.6 is 0 Å². The SMILES string of the molecule is C=CCn1[nH]c2nc(Nc3ccc(N4CCN(CC(=O)N(C)C)CC4)cc3)ncc2c1=O.CC.CC=NC/C(=C\C)C(C)C.CO. The van der Waals surface area contributed by atoms with Crippen LogP contribution in [0, 0.1) is 5.92 Å². The first kappa shape index (κ1) is 39.7. The molecule has 1 saturated heterocycles. The van der Waals surface area contributed by atoms with Crippen molar-refractivity contribution in [3.05, 3.63) is 65.1 Å². The molecule has 0 bridgehead atoms. The summed E-state index contributed by atoms with van der Waals surface area (Å²) in [4.78, 5) is 43.1. The average Bonchev–Trinajstić information content (AvgIpc) is 3.38. The lowest BCUT2D eigenvalue weighted by Gasteiger charge is -2.36. The summed E-state index contributed by atoms with van der Waals surface area (Å²) in [6.45, 7) is 21.3. The second kappa shape index (κ2) is 21.4. The number of hydrogen-bond acceptors (Lipinski definition) is 9. The number of fused-ring (bicyclic) bond motifs is 1. The summed E-state index contributed by atoms with van der Waals surface area (Å²) in [5, 5.41) is 13.6. The minimum atomic E-state index is -0.165. The van der Waals surface area contributed by atoms with Crippen molar-refractivity contribution in [1.29, 1.82) is 0 Å². The molecule has 0 saturated carbocycles. The van der Waals surface area contributed by atoms with Gasteiger partial charge in [-0.3, -0.25) is 24.6 Å². The Bertz CT molecular complexity index is 1430. The van der Waals surface area contributed by atoms with Crippen LogP contribution in [0.1, 0.15) is 41.5 Å². The average molecular weight is 638 g/mol. The van der Waals surface area contributed by atoms with Crippen molar-refractivity contribution in [2.75, 3.05) is 70.7 Å². The molecule has 12 heteroatoms. The number of rotatable bonds is 10. The van der Waals surface area contributed by atoms with Crippen molar-refractivity contribution in [3.8, 4) is 0 Å². The maximum Gasteiger partial charge on any atom is 0.277 e. The number of carbonyl (C=O) groups excluding carboxylic acids is 1. The van der Waals surface area contributed by atoms with E-state index < -0.39 is 0 Å². The van der Waals surface area contributed by atoms with E-state index in [1.54, 1.807) is 25.1 Å². The van der Waals surface area contributed by atoms with E-state index in [-0.39, 0.29) is 11.5 Å². The van der Waals surface area contributed by atoms with E-state index in [4.69, 9.17) is 5.11 Å². The van der Waals surface area contributed by atoms with Crippen molar-refractivity contribution in [1.82, 2.24) is 29.5 Å². The molecule has 46 heavy (non-hydrogen) atoms. The van der Waals surface area contributed by atoms with Gasteiger partial charge in [0.15, 0.2) is 5.65 Å². The number of benzene rings is 1. The third kappa shape index (κ3) is 12.2. The molecule has 3 heterocycles. The molecule has 0 aliphatic carbocycles. The monoisotopic (exact) mass is 637 g/mol. The molecule has 1 aromatic carbocycles. The first-order chi connectivity index (χ1) is 22.2. The van der Waals surface area contributed by atoms with Crippen LogP contribution in [0.15, 0.2) is 64.6 Å². The molecule has 0 unspecified atom stereocenters. The van der Waals surface area contributed by atoms with E-state index in [1.807, 2.05) is 39.1 Å². The van der Waals surface area contributed by atoms with Crippen LogP contribution in [0.4, 0.5) is 17.3 Å². The largest absolute Gasteiger partial charge is 0.400 e. The number of nitrogens with zero attached hydrogens (tertiary/aromatic N) is 7. The Kier molecular flexibility index (Phi) is 18.5. The minimum absolute atomic E-state index is 0.135. The van der Waals surface area contributed by atoms with Gasteiger partial charge >= 0.3 is 0 Å². The Morgan fingerprint density at radius 3 is 2.28 bits per heavy atom. The van der Waals surface area contributed by atoms with Crippen molar-refractivity contribution in [2.24, 2.45) is 10.9 Å². The van der Waals surface area contributed by atoms with Crippen molar-refractivity contribution in [2.45, 2.75) is 48.1 Å². The van der Waals surface area contributed by atoms with Gasteiger partial charge in [0.05, 0.1) is 19.6 Å². The van der Waals surface area contributed by atoms with Crippen LogP contribution in [0.3, 0.4) is 0 Å². The smallest absolute Gasteiger partial charge is 0.277 e. The number of allylic oxidation sites excluding steroid dienone is 2. The van der Waals surface area contributed by atoms with Gasteiger partial charge in [-0.2, -0.15) is 4.98 Å². The third-order valence-corrected chi connectivity index (χ3v) is 7.10. The van der Waals surface area contributed by atoms with Gasteiger partial charge in [-0.1, -0.05) is 45.4 Å². The van der Waals surface area contributed by atoms with Gasteiger partial charge in [-0.05, 0) is 50.2 Å². The van der Waals surface area contributed by atoms with Crippen LogP contribution < -0.4 is 15.8 Å². The lowest BCUT2D eigenvalue weighted by Crippen LogP contribution is -2.49. The lowest BCUT2D eigenvalue weighted by molar-refractivity contribution is -0.129. The standard InChI is InChI=1S/C22H28N8O2.C9H17N.C2H6.CH4O/c1-4-9-30-21(32)18-14-23-22(25-20(18)26-30)24-16-5-7-17(8-6-16)29-12-10-28(11-13-29)15-19(31)27(2)3;1-5-9(8(3)4)7-10-6-2;2*1-2/h4-8,14H,1,9-13,15H2,2-3H3,(H2,23,24,25,26);5-6,8H,7H2,1-4H3;1-2H3;2H,1H3/b;9-5+,10-6?;;. The highest BCUT2D eigenvalue weighted by Gasteiger charge is 2.20. The van der Waals surface area contributed by atoms with Crippen LogP contribution in [0.2, 0.25) is 0 Å². The number of aliphatic hydroxyl groups excluding tert-OH is 1. The summed E-state index contributed by atoms with van der Waals surface area (Å²) in [6, 6.07) is 8.08. The maximum atomic E-state index is 12.2. The normalized spacial score (nSPS) is 13.3. The zero-order valence-electron chi connectivity index (χ0n) is 29.2. The van der Waals surface area contributed by atoms with Gasteiger partial charge in [-0.25, -0.2) is 9.67 Å². The molecule has 1 aliphatic rings. The highest BCUT2D eigenvalue weighted by molar-refractivity contribution is 5.77. The highest BCUT2D eigenvalue weighted by Crippen LogP contribution is 2.21. The number of piperazine rings is 1. The molecule has 3 N–H and O–H groups in total. The number of aromatic nitrogens is 4. The first-order valence-electron chi connectivity index (χ1n) is 15.8. The number of carbonyl (C=O) groups is 1. The Morgan fingerprint density at radius 2 is 1.76 bits per heavy atom. The van der Waals surface area contributed by atoms with E-state index in [0.717, 1.165) is 51.2 Å². The fraction of sp³-hybridized carbons (Fsp3) is 0.500. The molecule has 0 radical (unpaired) electrons. The molecule has 12 nitrogen and oxygen atoms in total. The summed E-state index contributed by atoms with van der Waals surface area (Å²) in [7, 11) is 4.57. The minimum Gasteiger partial charge on any atom is -0.400 e. The van der Waals surface area contributed by atoms with Gasteiger partial charge in [0.2, 0.25) is 11.9 Å². The summed E-state index contributed by atoms with van der Waals surface area (Å²) in [5.41, 5.74) is 3.73. The van der Waals surface area contributed by atoms with Crippen LogP contribution in [0.25, 0.3) is 11.0 Å². The zero-order chi connectivity index (χ0) is 34.6. The number of nitrogens with one attached hydrogen (secondary N) is 2. The predicted octanol–water partition coefficient (Wildman–Crippen LogP) is 4.57. The van der Waals surface area contributed by atoms with E-state index >= 15 is 0 Å². The second-order valence-corrected chi connectivity index (χ2v) is 10.6. The van der Waals surface area contributed by atoms with Crippen molar-refractivity contribution < 1.29 is 9.90 Å². The molecular formula is C34H55N9O3. The molecule has 1 aliphatic heterocycles. The topological polar surface area (TPSA) is 135 Å². The molecule has 3 aromatic rings. The second-order valence-electron chi connectivity index (χ2n) is 10.6. The highest BCUT2D eigenvalue weighted by atomic mass is 16.2. The molecule has 1 amide bonds. The summed E-state index contributed by atoms with van der Waals surface area (Å²) < 4.78 is 1.45. The number of likely N-dealkylation sites (N-methyl/N-ethyl adjacent to an activating group) is 1. The predicted molar refractivity (Wildman–Crippen MR) is 193 cm³/mol. The zero-order valence-corrected chi connectivity index (χ0v) is 29.2. The Labute approximate surface area is 274 Å². The fourth-order valence-electron chi connectivity index (χ4n) is 4.45. The summed E-state index contributed by atoms with van der Waals surface area (Å²) >= 11 is 0. The quantitative estimate of drug-likeness (QED) is 0.217. The molecule has 4 rings (SSSR count). The van der Waals surface area contributed by atoms with Crippen LogP contribution in [-0.4, -0.2) is 107 Å². The Morgan fingerprint density at radius 1 is 1.13 bits per heavy atom. The number of anilines is 3. The molecule has 0 atom stereocenters. The van der Waals surface area contributed by atoms with Gasteiger partial charge in [0.25, 0.3) is 5.56 Å². The lowest BCUT2D eigenvalue weighted by atomic mass is 10.0. The van der Waals surface area contributed by atoms with Gasteiger partial charge < -0.3 is 20.2 Å². The molecule has 0 spiro atoms. The molecule has 254 valence electrons. The fourth-order valence-corrected chi connectivity index (χ4v) is 4.45. The number of aliphatic imine (C=N–C) groups is 1. The number of H-pyrrole nitrogens is 1. The molecular weight excluding hydrogens is 582 g/mol. The Hall–Kier alpha value is -4.29. The van der Waals surface area contributed by atoms with Crippen molar-refractivity contribution in [3.63, 3.8) is 0 Å². The summed E-state index contributed by atoms with van der Waals surface area (Å²) in [5.74, 6) is 1.18. The number of hydrogen-bond donors (Lipinski definition) is 3. The van der Waals surface area contributed by atoms with E-state index in [2.05, 4.69) is 80.7 Å².